The van der Waals surface area contributed by atoms with Crippen molar-refractivity contribution in [3.63, 3.8) is 0 Å². The molecule has 172 valence electrons. The largest absolute Gasteiger partial charge is 0.506 e. The van der Waals surface area contributed by atoms with Gasteiger partial charge in [0.1, 0.15) is 11.3 Å². The second-order valence-electron chi connectivity index (χ2n) is 7.66. The number of aromatic nitrogens is 1. The van der Waals surface area contributed by atoms with Gasteiger partial charge in [0.25, 0.3) is 0 Å². The predicted molar refractivity (Wildman–Crippen MR) is 129 cm³/mol. The van der Waals surface area contributed by atoms with Crippen LogP contribution in [-0.2, 0) is 17.7 Å². The molecule has 4 N–H and O–H groups in total. The number of Topliss-reactive ketones (excluding diaryl/α,β-unsaturated/α-hetero) is 1. The molecule has 0 amide bonds. The maximum Gasteiger partial charge on any atom is 0.305 e. The molecule has 32 heavy (non-hydrogen) atoms. The fraction of sp³-hybridized carbons (Fsp3) is 0.417. The molecule has 0 saturated carbocycles. The van der Waals surface area contributed by atoms with Gasteiger partial charge in [-0.1, -0.05) is 42.5 Å². The van der Waals surface area contributed by atoms with E-state index < -0.39 is 0 Å². The number of rotatable bonds is 14. The van der Waals surface area contributed by atoms with Gasteiger partial charge in [0.15, 0.2) is 5.78 Å². The maximum absolute atomic E-state index is 12.6. The van der Waals surface area contributed by atoms with E-state index in [0.29, 0.717) is 22.3 Å². The number of aromatic hydroxyl groups is 1. The Bertz CT molecular complexity index is 1080. The van der Waals surface area contributed by atoms with Crippen molar-refractivity contribution in [2.45, 2.75) is 32.7 Å². The molecule has 0 fully saturated rings. The van der Waals surface area contributed by atoms with Crippen LogP contribution < -0.4 is 15.5 Å². The van der Waals surface area contributed by atoms with E-state index in [0.717, 1.165) is 56.9 Å². The molecule has 0 spiro atoms. The number of hydrogen-bond acceptors (Lipinski definition) is 7. The fourth-order valence-corrected chi connectivity index (χ4v) is 4.33. The van der Waals surface area contributed by atoms with Crippen LogP contribution in [0.5, 0.6) is 5.75 Å². The number of ether oxygens (including phenoxy) is 1. The lowest BCUT2D eigenvalue weighted by molar-refractivity contribution is 0.0993. The molecule has 2 aromatic carbocycles. The molecule has 0 aliphatic rings. The Kier molecular flexibility index (Phi) is 9.43. The van der Waals surface area contributed by atoms with Gasteiger partial charge in [-0.3, -0.25) is 9.59 Å². The second kappa shape index (κ2) is 12.5. The number of phenolic OH excluding ortho intramolecular Hbond substituents is 1. The predicted octanol–water partition coefficient (Wildman–Crippen LogP) is 3.22. The number of nitrogens with one attached hydrogen (secondary N) is 3. The molecule has 3 rings (SSSR count). The molecule has 7 nitrogen and oxygen atoms in total. The molecular formula is C24H31N3O4S. The van der Waals surface area contributed by atoms with Gasteiger partial charge in [0.05, 0.1) is 11.2 Å². The quantitative estimate of drug-likeness (QED) is 0.219. The van der Waals surface area contributed by atoms with Crippen molar-refractivity contribution < 1.29 is 14.6 Å². The molecule has 1 heterocycles. The first-order chi connectivity index (χ1) is 15.6. The van der Waals surface area contributed by atoms with E-state index >= 15 is 0 Å². The highest BCUT2D eigenvalue weighted by Gasteiger charge is 2.15. The van der Waals surface area contributed by atoms with Crippen LogP contribution in [0.4, 0.5) is 0 Å². The number of aromatic amines is 1. The van der Waals surface area contributed by atoms with E-state index in [1.54, 1.807) is 6.07 Å². The third kappa shape index (κ3) is 7.00. The topological polar surface area (TPSA) is 103 Å². The number of fused-ring (bicyclic) bond motifs is 1. The molecule has 1 aromatic heterocycles. The minimum absolute atomic E-state index is 0.0259. The minimum Gasteiger partial charge on any atom is -0.506 e. The summed E-state index contributed by atoms with van der Waals surface area (Å²) in [4.78, 5) is 26.5. The van der Waals surface area contributed by atoms with Crippen molar-refractivity contribution in [2.24, 2.45) is 0 Å². The van der Waals surface area contributed by atoms with E-state index in [1.165, 1.54) is 17.2 Å². The Labute approximate surface area is 191 Å². The average molecular weight is 458 g/mol. The number of phenols is 1. The van der Waals surface area contributed by atoms with Gasteiger partial charge >= 0.3 is 4.87 Å². The lowest BCUT2D eigenvalue weighted by Crippen LogP contribution is -2.25. The van der Waals surface area contributed by atoms with Crippen LogP contribution in [0.3, 0.4) is 0 Å². The highest BCUT2D eigenvalue weighted by Crippen LogP contribution is 2.27. The first kappa shape index (κ1) is 24.1. The van der Waals surface area contributed by atoms with Gasteiger partial charge in [0.2, 0.25) is 0 Å². The Morgan fingerprint density at radius 3 is 2.81 bits per heavy atom. The third-order valence-electron chi connectivity index (χ3n) is 5.05. The smallest absolute Gasteiger partial charge is 0.305 e. The molecule has 0 bridgehead atoms. The summed E-state index contributed by atoms with van der Waals surface area (Å²) in [5.74, 6) is -0.131. The Hall–Kier alpha value is -2.52. The Balaban J connectivity index is 1.41. The van der Waals surface area contributed by atoms with Crippen LogP contribution in [0.2, 0.25) is 0 Å². The van der Waals surface area contributed by atoms with Crippen molar-refractivity contribution in [2.75, 3.05) is 32.8 Å². The zero-order valence-corrected chi connectivity index (χ0v) is 19.2. The third-order valence-corrected chi connectivity index (χ3v) is 5.96. The van der Waals surface area contributed by atoms with Crippen LogP contribution >= 0.6 is 11.3 Å². The van der Waals surface area contributed by atoms with Crippen LogP contribution in [0.25, 0.3) is 10.2 Å². The first-order valence-electron chi connectivity index (χ1n) is 11.0. The van der Waals surface area contributed by atoms with Gasteiger partial charge < -0.3 is 25.5 Å². The number of carbonyl (C=O) groups excluding carboxylic acids is 1. The summed E-state index contributed by atoms with van der Waals surface area (Å²) in [7, 11) is 0. The summed E-state index contributed by atoms with van der Waals surface area (Å²) < 4.78 is 5.98. The highest BCUT2D eigenvalue weighted by atomic mass is 32.1. The monoisotopic (exact) mass is 457 g/mol. The molecule has 0 aliphatic carbocycles. The summed E-state index contributed by atoms with van der Waals surface area (Å²) in [5.41, 5.74) is 3.22. The van der Waals surface area contributed by atoms with Crippen LogP contribution in [0, 0.1) is 0 Å². The molecule has 0 atom stereocenters. The van der Waals surface area contributed by atoms with E-state index in [1.807, 2.05) is 0 Å². The summed E-state index contributed by atoms with van der Waals surface area (Å²) in [6, 6.07) is 11.5. The van der Waals surface area contributed by atoms with Gasteiger partial charge in [0, 0.05) is 25.3 Å². The fourth-order valence-electron chi connectivity index (χ4n) is 3.44. The van der Waals surface area contributed by atoms with Crippen LogP contribution in [0.1, 0.15) is 41.3 Å². The zero-order chi connectivity index (χ0) is 22.8. The maximum atomic E-state index is 12.6. The first-order valence-corrected chi connectivity index (χ1v) is 11.8. The van der Waals surface area contributed by atoms with Crippen molar-refractivity contribution in [1.29, 1.82) is 0 Å². The number of ketones is 1. The normalized spacial score (nSPS) is 11.3. The van der Waals surface area contributed by atoms with Crippen molar-refractivity contribution >= 4 is 27.3 Å². The van der Waals surface area contributed by atoms with Crippen molar-refractivity contribution in [3.05, 3.63) is 62.8 Å². The second-order valence-corrected chi connectivity index (χ2v) is 8.65. The van der Waals surface area contributed by atoms with E-state index in [9.17, 15) is 14.7 Å². The number of thiazole rings is 1. The molecule has 0 aliphatic heterocycles. The van der Waals surface area contributed by atoms with Crippen molar-refractivity contribution in [1.82, 2.24) is 15.6 Å². The van der Waals surface area contributed by atoms with E-state index in [-0.39, 0.29) is 23.0 Å². The summed E-state index contributed by atoms with van der Waals surface area (Å²) in [6.07, 6.45) is 2.87. The lowest BCUT2D eigenvalue weighted by atomic mass is 10.1. The standard InChI is InChI=1S/C24H31N3O4S/c1-2-12-31-13-4-10-25-15-18-6-3-5-17(14-18)9-11-26-16-21(29)19-7-8-20(28)22-23(19)32-24(30)27-22/h3,5-8,14,25-26,28H,2,4,9-13,15-16H2,1H3,(H,27,30). The molecule has 0 saturated heterocycles. The number of hydrogen-bond donors (Lipinski definition) is 4. The van der Waals surface area contributed by atoms with Crippen LogP contribution in [0.15, 0.2) is 41.2 Å². The number of benzene rings is 2. The zero-order valence-electron chi connectivity index (χ0n) is 18.4. The molecular weight excluding hydrogens is 426 g/mol. The number of carbonyl (C=O) groups is 1. The van der Waals surface area contributed by atoms with Crippen LogP contribution in [-0.4, -0.2) is 48.7 Å². The summed E-state index contributed by atoms with van der Waals surface area (Å²) >= 11 is 0.939. The molecule has 8 heteroatoms. The average Bonchev–Trinajstić information content (AvgIpc) is 3.19. The van der Waals surface area contributed by atoms with Gasteiger partial charge in [-0.25, -0.2) is 0 Å². The Morgan fingerprint density at radius 2 is 1.97 bits per heavy atom. The minimum atomic E-state index is -0.289. The number of H-pyrrole nitrogens is 1. The SMILES string of the molecule is CCCOCCCNCc1cccc(CCNCC(=O)c2ccc(O)c3[nH]c(=O)sc23)c1. The van der Waals surface area contributed by atoms with Gasteiger partial charge in [-0.15, -0.1) is 0 Å². The molecule has 0 unspecified atom stereocenters. The lowest BCUT2D eigenvalue weighted by Gasteiger charge is -2.09. The van der Waals surface area contributed by atoms with Crippen molar-refractivity contribution in [3.8, 4) is 5.75 Å². The summed E-state index contributed by atoms with van der Waals surface area (Å²) in [5, 5.41) is 16.5. The summed E-state index contributed by atoms with van der Waals surface area (Å²) in [6.45, 7) is 6.33. The Morgan fingerprint density at radius 1 is 1.12 bits per heavy atom. The molecule has 3 aromatic rings. The highest BCUT2D eigenvalue weighted by molar-refractivity contribution is 7.16. The van der Waals surface area contributed by atoms with Gasteiger partial charge in [-0.2, -0.15) is 0 Å². The van der Waals surface area contributed by atoms with E-state index in [2.05, 4.69) is 46.8 Å². The molecule has 0 radical (unpaired) electrons. The van der Waals surface area contributed by atoms with E-state index in [4.69, 9.17) is 4.74 Å². The van der Waals surface area contributed by atoms with Gasteiger partial charge in [-0.05, 0) is 55.6 Å².